The summed E-state index contributed by atoms with van der Waals surface area (Å²) < 4.78 is 11.0. The van der Waals surface area contributed by atoms with Gasteiger partial charge in [0.05, 0.1) is 11.5 Å². The second-order valence-electron chi connectivity index (χ2n) is 5.67. The Morgan fingerprint density at radius 2 is 2.06 bits per heavy atom. The lowest BCUT2D eigenvalue weighted by molar-refractivity contribution is -0.300. The molecule has 0 radical (unpaired) electrons. The summed E-state index contributed by atoms with van der Waals surface area (Å²) in [6.45, 7) is 0. The van der Waals surface area contributed by atoms with Crippen LogP contribution in [0.2, 0.25) is 0 Å². The SMILES string of the molecule is COC1(OC)C(=O)C2C=CC13[C@@H](CCC[C@H]3O)C2. The van der Waals surface area contributed by atoms with Crippen molar-refractivity contribution in [1.82, 2.24) is 0 Å². The molecule has 0 aromatic heterocycles. The van der Waals surface area contributed by atoms with Crippen LogP contribution in [0.3, 0.4) is 0 Å². The normalized spacial score (nSPS) is 45.1. The molecular weight excluding hydrogens is 232 g/mol. The van der Waals surface area contributed by atoms with E-state index in [0.29, 0.717) is 6.42 Å². The number of allylic oxidation sites excluding steroid dienone is 1. The van der Waals surface area contributed by atoms with Gasteiger partial charge < -0.3 is 14.6 Å². The molecule has 4 aliphatic rings. The van der Waals surface area contributed by atoms with Gasteiger partial charge in [-0.1, -0.05) is 18.6 Å². The molecule has 2 fully saturated rings. The minimum atomic E-state index is -1.30. The van der Waals surface area contributed by atoms with Gasteiger partial charge in [-0.05, 0) is 25.2 Å². The number of hydrogen-bond donors (Lipinski definition) is 1. The lowest BCUT2D eigenvalue weighted by Crippen LogP contribution is -2.71. The van der Waals surface area contributed by atoms with E-state index in [4.69, 9.17) is 9.47 Å². The number of aliphatic hydroxyl groups excluding tert-OH is 1. The minimum absolute atomic E-state index is 0.0350. The van der Waals surface area contributed by atoms with Gasteiger partial charge in [-0.25, -0.2) is 0 Å². The van der Waals surface area contributed by atoms with Crippen LogP contribution >= 0.6 is 0 Å². The third kappa shape index (κ3) is 1.14. The van der Waals surface area contributed by atoms with Crippen LogP contribution in [0.15, 0.2) is 12.2 Å². The highest BCUT2D eigenvalue weighted by Crippen LogP contribution is 2.61. The fraction of sp³-hybridized carbons (Fsp3) is 0.786. The van der Waals surface area contributed by atoms with E-state index in [1.54, 1.807) is 0 Å². The van der Waals surface area contributed by atoms with Crippen molar-refractivity contribution in [1.29, 1.82) is 0 Å². The summed E-state index contributed by atoms with van der Waals surface area (Å²) in [4.78, 5) is 12.6. The van der Waals surface area contributed by atoms with Crippen molar-refractivity contribution < 1.29 is 19.4 Å². The zero-order chi connectivity index (χ0) is 13.0. The van der Waals surface area contributed by atoms with E-state index in [2.05, 4.69) is 0 Å². The molecule has 0 aromatic carbocycles. The highest BCUT2D eigenvalue weighted by molar-refractivity contribution is 5.93. The lowest BCUT2D eigenvalue weighted by atomic mass is 9.49. The highest BCUT2D eigenvalue weighted by Gasteiger charge is 2.70. The average Bonchev–Trinajstić information content (AvgIpc) is 2.40. The minimum Gasteiger partial charge on any atom is -0.392 e. The fourth-order valence-corrected chi connectivity index (χ4v) is 4.42. The molecule has 2 saturated carbocycles. The second kappa shape index (κ2) is 3.89. The summed E-state index contributed by atoms with van der Waals surface area (Å²) in [7, 11) is 3.01. The van der Waals surface area contributed by atoms with Crippen LogP contribution in [-0.2, 0) is 14.3 Å². The first-order valence-electron chi connectivity index (χ1n) is 6.64. The molecule has 4 atom stereocenters. The molecule has 4 nitrogen and oxygen atoms in total. The number of carbonyl (C=O) groups excluding carboxylic acids is 1. The monoisotopic (exact) mass is 252 g/mol. The van der Waals surface area contributed by atoms with Crippen LogP contribution in [0.1, 0.15) is 25.7 Å². The summed E-state index contributed by atoms with van der Waals surface area (Å²) >= 11 is 0. The van der Waals surface area contributed by atoms with Crippen molar-refractivity contribution in [3.63, 3.8) is 0 Å². The quantitative estimate of drug-likeness (QED) is 0.594. The maximum Gasteiger partial charge on any atom is 0.241 e. The molecule has 2 bridgehead atoms. The van der Waals surface area contributed by atoms with Gasteiger partial charge in [-0.2, -0.15) is 0 Å². The molecular formula is C14H20O4. The van der Waals surface area contributed by atoms with Gasteiger partial charge in [0.25, 0.3) is 0 Å². The molecule has 0 saturated heterocycles. The summed E-state index contributed by atoms with van der Waals surface area (Å²) in [6, 6.07) is 0. The maximum atomic E-state index is 12.6. The van der Waals surface area contributed by atoms with Gasteiger partial charge in [-0.15, -0.1) is 0 Å². The molecule has 2 unspecified atom stereocenters. The van der Waals surface area contributed by atoms with Gasteiger partial charge in [0.2, 0.25) is 5.79 Å². The number of ether oxygens (including phenoxy) is 2. The Morgan fingerprint density at radius 1 is 1.33 bits per heavy atom. The van der Waals surface area contributed by atoms with E-state index < -0.39 is 17.3 Å². The molecule has 4 heteroatoms. The van der Waals surface area contributed by atoms with Crippen LogP contribution < -0.4 is 0 Å². The van der Waals surface area contributed by atoms with Crippen LogP contribution in [-0.4, -0.2) is 37.0 Å². The Kier molecular flexibility index (Phi) is 2.66. The zero-order valence-corrected chi connectivity index (χ0v) is 10.9. The molecule has 0 aromatic rings. The van der Waals surface area contributed by atoms with E-state index in [-0.39, 0.29) is 17.6 Å². The largest absolute Gasteiger partial charge is 0.392 e. The van der Waals surface area contributed by atoms with E-state index in [9.17, 15) is 9.90 Å². The third-order valence-corrected chi connectivity index (χ3v) is 5.21. The smallest absolute Gasteiger partial charge is 0.241 e. The maximum absolute atomic E-state index is 12.6. The summed E-state index contributed by atoms with van der Waals surface area (Å²) in [5, 5.41) is 10.5. The fourth-order valence-electron chi connectivity index (χ4n) is 4.42. The number of carbonyl (C=O) groups is 1. The molecule has 18 heavy (non-hydrogen) atoms. The molecule has 0 heterocycles. The summed E-state index contributed by atoms with van der Waals surface area (Å²) in [5.41, 5.74) is -0.694. The summed E-state index contributed by atoms with van der Waals surface area (Å²) in [6.07, 6.45) is 6.91. The van der Waals surface area contributed by atoms with Crippen molar-refractivity contribution in [3.8, 4) is 0 Å². The first-order valence-corrected chi connectivity index (χ1v) is 6.64. The van der Waals surface area contributed by atoms with Crippen LogP contribution in [0.25, 0.3) is 0 Å². The number of ketones is 1. The molecule has 1 N–H and O–H groups in total. The Morgan fingerprint density at radius 3 is 2.72 bits per heavy atom. The number of methoxy groups -OCH3 is 2. The Hall–Kier alpha value is -0.710. The van der Waals surface area contributed by atoms with E-state index in [1.165, 1.54) is 14.2 Å². The van der Waals surface area contributed by atoms with Crippen molar-refractivity contribution >= 4 is 5.78 Å². The van der Waals surface area contributed by atoms with E-state index >= 15 is 0 Å². The molecule has 0 amide bonds. The third-order valence-electron chi connectivity index (χ3n) is 5.21. The Labute approximate surface area is 107 Å². The molecule has 4 aliphatic carbocycles. The number of aliphatic hydroxyl groups is 1. The molecule has 1 spiro atoms. The average molecular weight is 252 g/mol. The Bertz CT molecular complexity index is 399. The number of fused-ring (bicyclic) bond motifs is 1. The van der Waals surface area contributed by atoms with Crippen LogP contribution in [0.4, 0.5) is 0 Å². The number of hydrogen-bond acceptors (Lipinski definition) is 4. The lowest BCUT2D eigenvalue weighted by Gasteiger charge is -2.60. The van der Waals surface area contributed by atoms with E-state index in [1.807, 2.05) is 12.2 Å². The topological polar surface area (TPSA) is 55.8 Å². The van der Waals surface area contributed by atoms with E-state index in [0.717, 1.165) is 19.3 Å². The van der Waals surface area contributed by atoms with Crippen molar-refractivity contribution in [2.24, 2.45) is 17.3 Å². The summed E-state index contributed by atoms with van der Waals surface area (Å²) in [5.74, 6) is -1.18. The first kappa shape index (κ1) is 12.3. The predicted octanol–water partition coefficient (Wildman–Crippen LogP) is 1.28. The van der Waals surface area contributed by atoms with Gasteiger partial charge >= 0.3 is 0 Å². The predicted molar refractivity (Wildman–Crippen MR) is 64.8 cm³/mol. The number of rotatable bonds is 2. The highest BCUT2D eigenvalue weighted by atomic mass is 16.7. The number of Topliss-reactive ketones (excluding diaryl/α,β-unsaturated/α-hetero) is 1. The molecule has 100 valence electrons. The van der Waals surface area contributed by atoms with Gasteiger partial charge in [0.1, 0.15) is 0 Å². The first-order chi connectivity index (χ1) is 8.62. The van der Waals surface area contributed by atoms with Gasteiger partial charge in [0.15, 0.2) is 5.78 Å². The van der Waals surface area contributed by atoms with Crippen molar-refractivity contribution in [3.05, 3.63) is 12.2 Å². The second-order valence-corrected chi connectivity index (χ2v) is 5.67. The van der Waals surface area contributed by atoms with Crippen LogP contribution in [0.5, 0.6) is 0 Å². The molecule has 0 aliphatic heterocycles. The van der Waals surface area contributed by atoms with Crippen LogP contribution in [0, 0.1) is 17.3 Å². The Balaban J connectivity index is 2.19. The molecule has 4 rings (SSSR count). The van der Waals surface area contributed by atoms with Gasteiger partial charge in [-0.3, -0.25) is 4.79 Å². The standard InChI is InChI=1S/C14H20O4/c1-17-14(18-2)12(16)9-6-7-13(14)10(8-9)4-3-5-11(13)15/h6-7,9-11,15H,3-5,8H2,1-2H3/t9?,10-,11+,13?/m0/s1. The zero-order valence-electron chi connectivity index (χ0n) is 10.9. The van der Waals surface area contributed by atoms with Crippen molar-refractivity contribution in [2.45, 2.75) is 37.6 Å². The van der Waals surface area contributed by atoms with Gasteiger partial charge in [0, 0.05) is 20.1 Å². The van der Waals surface area contributed by atoms with Crippen molar-refractivity contribution in [2.75, 3.05) is 14.2 Å².